The van der Waals surface area contributed by atoms with E-state index in [1.165, 1.54) is 0 Å². The van der Waals surface area contributed by atoms with Gasteiger partial charge >= 0.3 is 14.7 Å². The first-order valence-corrected chi connectivity index (χ1v) is 31.4. The monoisotopic (exact) mass is 1210 g/mol. The summed E-state index contributed by atoms with van der Waals surface area (Å²) in [6.45, 7) is 6.58. The number of nitrogens with zero attached hydrogens (tertiary/aromatic N) is 2. The van der Waals surface area contributed by atoms with Gasteiger partial charge in [-0.2, -0.15) is 0 Å². The van der Waals surface area contributed by atoms with Crippen molar-refractivity contribution in [2.75, 3.05) is 53.1 Å². The van der Waals surface area contributed by atoms with Crippen LogP contribution in [0.4, 0.5) is 21.9 Å². The van der Waals surface area contributed by atoms with Crippen LogP contribution in [0.3, 0.4) is 0 Å². The van der Waals surface area contributed by atoms with Crippen molar-refractivity contribution in [2.24, 2.45) is 16.7 Å². The number of alkyl carbamates (subject to hydrolysis) is 1. The summed E-state index contributed by atoms with van der Waals surface area (Å²) in [5, 5.41) is 11.0. The van der Waals surface area contributed by atoms with Crippen molar-refractivity contribution in [3.05, 3.63) is 191 Å². The van der Waals surface area contributed by atoms with Crippen LogP contribution in [-0.2, 0) is 46.2 Å². The minimum Gasteiger partial charge on any atom is -0.449 e. The number of ether oxygens (including phenoxy) is 1. The van der Waals surface area contributed by atoms with Gasteiger partial charge in [0.2, 0.25) is 23.6 Å². The molecule has 6 aliphatic rings. The summed E-state index contributed by atoms with van der Waals surface area (Å²) in [4.78, 5) is 78.4. The molecule has 2 aliphatic heterocycles. The molecule has 86 heavy (non-hydrogen) atoms. The first kappa shape index (κ1) is 57.3. The zero-order chi connectivity index (χ0) is 59.4. The highest BCUT2D eigenvalue weighted by atomic mass is 35.5. The molecule has 0 saturated heterocycles. The van der Waals surface area contributed by atoms with Crippen molar-refractivity contribution in [1.82, 2.24) is 15.6 Å². The Kier molecular flexibility index (Phi) is 15.6. The molecule has 2 bridgehead atoms. The van der Waals surface area contributed by atoms with E-state index in [-0.39, 0.29) is 61.2 Å². The number of alkyl halides is 2. The third-order valence-corrected chi connectivity index (χ3v) is 19.8. The molecule has 7 aromatic carbocycles. The number of aromatic nitrogens is 1. The molecule has 4 aliphatic carbocycles. The second-order valence-corrected chi connectivity index (χ2v) is 25.6. The van der Waals surface area contributed by atoms with Crippen molar-refractivity contribution in [1.29, 1.82) is 0 Å². The summed E-state index contributed by atoms with van der Waals surface area (Å²) in [6, 6.07) is 46.2. The third-order valence-electron chi connectivity index (χ3n) is 18.0. The summed E-state index contributed by atoms with van der Waals surface area (Å²) in [6.07, 6.45) is 2.36. The average molecular weight is 1210 g/mol. The summed E-state index contributed by atoms with van der Waals surface area (Å²) in [5.41, 5.74) is 10.2. The van der Waals surface area contributed by atoms with Crippen LogP contribution in [0.5, 0.6) is 5.75 Å². The number of benzene rings is 7. The zero-order valence-electron chi connectivity index (χ0n) is 47.9. The highest BCUT2D eigenvalue weighted by Crippen LogP contribution is 2.75. The first-order chi connectivity index (χ1) is 41.8. The van der Waals surface area contributed by atoms with Crippen molar-refractivity contribution in [3.63, 3.8) is 0 Å². The maximum atomic E-state index is 15.2. The van der Waals surface area contributed by atoms with Gasteiger partial charge in [-0.05, 0) is 93.6 Å². The lowest BCUT2D eigenvalue weighted by molar-refractivity contribution is -0.205. The van der Waals surface area contributed by atoms with E-state index in [9.17, 15) is 14.4 Å². The molecule has 440 valence electrons. The molecule has 3 fully saturated rings. The standard InChI is InChI=1S/C68H65Cl2N6O9P/c1-40(2)61(74-66(81)82-36-52-48-22-12-10-20-46(48)47-21-11-13-23-49(47)52)63(78)72-31-57(77)73-53-26-54-59(51-25-15-14-24-50(51)53)44(28-69)32-75(54)64(79)67-37-68(38-67,39-67)65(80)76-33-45(29-70)60-55(76)27-56(62-58(60)41(3)30-71-62)85-86(83-34-42-16-6-4-7-17-42)84-35-43-18-8-5-9-19-43/h4-27,30,40,44-45,52,61,71H,28-29,31-39H2,1-3H3,(H,72,78)(H,73,77)(H,74,81)/t44-,45-,61+,67?,68?/m1/s1. The summed E-state index contributed by atoms with van der Waals surface area (Å²) in [7, 11) is -1.94. The van der Waals surface area contributed by atoms with Gasteiger partial charge in [-0.15, -0.1) is 23.2 Å². The average Bonchev–Trinajstić information content (AvgIpc) is 0.863. The van der Waals surface area contributed by atoms with Crippen LogP contribution in [0, 0.1) is 23.7 Å². The number of hydrogen-bond donors (Lipinski definition) is 4. The van der Waals surface area contributed by atoms with E-state index in [0.717, 1.165) is 77.4 Å². The lowest BCUT2D eigenvalue weighted by Crippen LogP contribution is -2.73. The van der Waals surface area contributed by atoms with Crippen molar-refractivity contribution in [2.45, 2.75) is 77.0 Å². The molecule has 5 amide bonds. The van der Waals surface area contributed by atoms with Crippen LogP contribution in [0.2, 0.25) is 0 Å². The fourth-order valence-electron chi connectivity index (χ4n) is 13.9. The van der Waals surface area contributed by atoms with E-state index in [2.05, 4.69) is 33.1 Å². The van der Waals surface area contributed by atoms with E-state index in [1.807, 2.05) is 151 Å². The van der Waals surface area contributed by atoms with Crippen LogP contribution in [0.1, 0.15) is 89.8 Å². The van der Waals surface area contributed by atoms with Crippen LogP contribution >= 0.6 is 31.8 Å². The molecular weight excluding hydrogens is 1150 g/mol. The SMILES string of the molecule is Cc1c[nH]c2c(OP(OCc3ccccc3)OCc3ccccc3)cc3c(c12)[C@H](CCl)CN3C(=O)C12CC(C(=O)N3C[C@@H](CCl)c4c3cc(NC(=O)CNC(=O)[C@@H](NC(=O)OCC3c5ccccc5-c5ccccc53)C(C)C)c3ccccc43)(C1)C2. The largest absolute Gasteiger partial charge is 0.449 e. The number of amides is 5. The summed E-state index contributed by atoms with van der Waals surface area (Å²) in [5.74, 6) is -0.968. The van der Waals surface area contributed by atoms with Gasteiger partial charge in [0.25, 0.3) is 0 Å². The third kappa shape index (κ3) is 10.3. The molecule has 3 atom stereocenters. The minimum atomic E-state index is -1.94. The van der Waals surface area contributed by atoms with E-state index in [4.69, 9.17) is 41.5 Å². The van der Waals surface area contributed by atoms with Gasteiger partial charge in [-0.25, -0.2) is 4.79 Å². The molecule has 0 spiro atoms. The van der Waals surface area contributed by atoms with E-state index in [1.54, 1.807) is 18.7 Å². The number of aromatic amines is 1. The molecule has 15 nitrogen and oxygen atoms in total. The Morgan fingerprint density at radius 2 is 1.22 bits per heavy atom. The van der Waals surface area contributed by atoms with Gasteiger partial charge < -0.3 is 40.0 Å². The summed E-state index contributed by atoms with van der Waals surface area (Å²) < 4.78 is 25.2. The van der Waals surface area contributed by atoms with Crippen molar-refractivity contribution in [3.8, 4) is 16.9 Å². The maximum Gasteiger partial charge on any atom is 0.407 e. The Hall–Kier alpha value is -7.78. The van der Waals surface area contributed by atoms with Crippen LogP contribution in [0.25, 0.3) is 32.8 Å². The number of nitrogens with one attached hydrogen (secondary N) is 4. The Morgan fingerprint density at radius 3 is 1.80 bits per heavy atom. The second kappa shape index (κ2) is 23.5. The number of anilines is 3. The highest BCUT2D eigenvalue weighted by Gasteiger charge is 2.76. The van der Waals surface area contributed by atoms with Crippen LogP contribution in [-0.4, -0.2) is 78.7 Å². The summed E-state index contributed by atoms with van der Waals surface area (Å²) >= 11 is 13.5. The molecule has 1 aromatic heterocycles. The molecular formula is C68H65Cl2N6O9P. The molecule has 18 heteroatoms. The molecule has 3 heterocycles. The predicted octanol–water partition coefficient (Wildman–Crippen LogP) is 13.5. The first-order valence-electron chi connectivity index (χ1n) is 29.2. The van der Waals surface area contributed by atoms with Gasteiger partial charge in [0, 0.05) is 71.3 Å². The molecule has 0 unspecified atom stereocenters. The quantitative estimate of drug-likeness (QED) is 0.0427. The smallest absolute Gasteiger partial charge is 0.407 e. The maximum absolute atomic E-state index is 15.2. The number of H-pyrrole nitrogens is 1. The Balaban J connectivity index is 0.690. The number of aryl methyl sites for hydroxylation is 1. The molecule has 3 saturated carbocycles. The second-order valence-electron chi connectivity index (χ2n) is 23.8. The highest BCUT2D eigenvalue weighted by molar-refractivity contribution is 7.42. The van der Waals surface area contributed by atoms with Gasteiger partial charge in [-0.3, -0.25) is 28.2 Å². The number of hydrogen-bond acceptors (Lipinski definition) is 9. The van der Waals surface area contributed by atoms with Crippen molar-refractivity contribution < 1.29 is 42.3 Å². The van der Waals surface area contributed by atoms with E-state index < -0.39 is 49.9 Å². The van der Waals surface area contributed by atoms with E-state index in [0.29, 0.717) is 55.4 Å². The fourth-order valence-corrected chi connectivity index (χ4v) is 15.4. The van der Waals surface area contributed by atoms with E-state index >= 15 is 9.59 Å². The van der Waals surface area contributed by atoms with Gasteiger partial charge in [0.1, 0.15) is 12.6 Å². The normalized spacial score (nSPS) is 20.0. The fraction of sp³-hybridized carbons (Fsp3) is 0.309. The van der Waals surface area contributed by atoms with Gasteiger partial charge in [0.15, 0.2) is 5.75 Å². The van der Waals surface area contributed by atoms with Crippen LogP contribution in [0.15, 0.2) is 152 Å². The van der Waals surface area contributed by atoms with Gasteiger partial charge in [-0.1, -0.05) is 147 Å². The number of rotatable bonds is 20. The number of carbonyl (C=O) groups is 5. The molecule has 0 radical (unpaired) electrons. The predicted molar refractivity (Wildman–Crippen MR) is 336 cm³/mol. The number of fused-ring (bicyclic) bond motifs is 9. The molecule has 14 rings (SSSR count). The minimum absolute atomic E-state index is 0.0429. The molecule has 4 N–H and O–H groups in total. The Bertz CT molecular complexity index is 3870. The number of halogens is 2. The lowest BCUT2D eigenvalue weighted by Gasteiger charge is -2.69. The Morgan fingerprint density at radius 1 is 0.686 bits per heavy atom. The zero-order valence-corrected chi connectivity index (χ0v) is 50.3. The molecule has 8 aromatic rings. The Labute approximate surface area is 510 Å². The lowest BCUT2D eigenvalue weighted by atomic mass is 9.34. The van der Waals surface area contributed by atoms with Crippen molar-refractivity contribution >= 4 is 100 Å². The topological polar surface area (TPSA) is 181 Å². The number of carbonyl (C=O) groups excluding carboxylic acids is 5. The van der Waals surface area contributed by atoms with Gasteiger partial charge in [0.05, 0.1) is 47.5 Å². The van der Waals surface area contributed by atoms with Crippen LogP contribution < -0.4 is 30.3 Å².